The van der Waals surface area contributed by atoms with Gasteiger partial charge in [-0.15, -0.1) is 0 Å². The van der Waals surface area contributed by atoms with Gasteiger partial charge in [-0.1, -0.05) is 0 Å². The Balaban J connectivity index is 2.05. The van der Waals surface area contributed by atoms with Crippen LogP contribution < -0.4 is 5.73 Å². The lowest BCUT2D eigenvalue weighted by molar-refractivity contribution is 0.0742. The van der Waals surface area contributed by atoms with E-state index in [1.54, 1.807) is 17.8 Å². The largest absolute Gasteiger partial charge is 0.382 e. The fraction of sp³-hybridized carbons (Fsp3) is 0.500. The molecule has 9 nitrogen and oxygen atoms in total. The molecule has 0 saturated heterocycles. The first-order valence-electron chi connectivity index (χ1n) is 5.83. The van der Waals surface area contributed by atoms with Crippen molar-refractivity contribution in [2.45, 2.75) is 19.6 Å². The van der Waals surface area contributed by atoms with Crippen LogP contribution in [0.4, 0.5) is 5.82 Å². The minimum absolute atomic E-state index is 0.307. The van der Waals surface area contributed by atoms with Crippen molar-refractivity contribution in [2.75, 3.05) is 19.2 Å². The molecule has 0 aromatic carbocycles. The van der Waals surface area contributed by atoms with Crippen LogP contribution in [-0.4, -0.2) is 44.0 Å². The van der Waals surface area contributed by atoms with Gasteiger partial charge in [0.05, 0.1) is 19.0 Å². The number of rotatable bonds is 6. The Kier molecular flexibility index (Phi) is 4.34. The van der Waals surface area contributed by atoms with Crippen LogP contribution in [0.25, 0.3) is 11.2 Å². The van der Waals surface area contributed by atoms with Gasteiger partial charge in [-0.05, 0) is 6.92 Å². The molecule has 2 unspecified atom stereocenters. The maximum Gasteiger partial charge on any atom is 0.353 e. The maximum absolute atomic E-state index is 11.3. The van der Waals surface area contributed by atoms with Gasteiger partial charge < -0.3 is 24.5 Å². The molecular weight excluding hydrogens is 285 g/mol. The zero-order chi connectivity index (χ0) is 14.8. The van der Waals surface area contributed by atoms with Crippen LogP contribution in [-0.2, 0) is 20.4 Å². The summed E-state index contributed by atoms with van der Waals surface area (Å²) in [5, 5.41) is 0. The number of imidazole rings is 1. The molecule has 110 valence electrons. The Morgan fingerprint density at radius 2 is 2.25 bits per heavy atom. The van der Waals surface area contributed by atoms with Gasteiger partial charge in [-0.3, -0.25) is 4.57 Å². The molecule has 0 amide bonds. The van der Waals surface area contributed by atoms with E-state index in [0.29, 0.717) is 23.5 Å². The van der Waals surface area contributed by atoms with Crippen LogP contribution in [0.3, 0.4) is 0 Å². The number of ether oxygens (including phenoxy) is 1. The Bertz CT molecular complexity index is 646. The molecule has 2 heterocycles. The molecule has 0 aliphatic rings. The zero-order valence-electron chi connectivity index (χ0n) is 11.1. The van der Waals surface area contributed by atoms with E-state index in [4.69, 9.17) is 10.5 Å². The predicted molar refractivity (Wildman–Crippen MR) is 72.0 cm³/mol. The van der Waals surface area contributed by atoms with Gasteiger partial charge in [0.15, 0.2) is 11.5 Å². The Morgan fingerprint density at radius 1 is 1.50 bits per heavy atom. The van der Waals surface area contributed by atoms with Gasteiger partial charge >= 0.3 is 7.60 Å². The quantitative estimate of drug-likeness (QED) is 0.743. The number of aromatic nitrogens is 4. The molecule has 0 aliphatic heterocycles. The fourth-order valence-electron chi connectivity index (χ4n) is 1.64. The van der Waals surface area contributed by atoms with Gasteiger partial charge in [0, 0.05) is 7.11 Å². The number of hydrogen-bond donors (Lipinski definition) is 2. The summed E-state index contributed by atoms with van der Waals surface area (Å²) in [4.78, 5) is 21.3. The van der Waals surface area contributed by atoms with E-state index in [-0.39, 0.29) is 12.5 Å². The molecule has 3 N–H and O–H groups in total. The minimum atomic E-state index is -3.67. The van der Waals surface area contributed by atoms with E-state index in [1.165, 1.54) is 6.33 Å². The molecule has 10 heteroatoms. The first-order chi connectivity index (χ1) is 9.43. The molecular formula is C10H16N5O4P. The third-order valence-electron chi connectivity index (χ3n) is 2.69. The topological polar surface area (TPSA) is 125 Å². The Labute approximate surface area is 115 Å². The smallest absolute Gasteiger partial charge is 0.353 e. The maximum atomic E-state index is 11.3. The monoisotopic (exact) mass is 301 g/mol. The number of nitrogen functional groups attached to an aromatic ring is 1. The first-order valence-corrected chi connectivity index (χ1v) is 7.59. The van der Waals surface area contributed by atoms with Crippen molar-refractivity contribution < 1.29 is 18.7 Å². The van der Waals surface area contributed by atoms with Crippen LogP contribution in [0.1, 0.15) is 6.92 Å². The van der Waals surface area contributed by atoms with Gasteiger partial charge in [-0.2, -0.15) is 0 Å². The second-order valence-corrected chi connectivity index (χ2v) is 6.15. The second-order valence-electron chi connectivity index (χ2n) is 4.25. The van der Waals surface area contributed by atoms with E-state index in [1.807, 2.05) is 0 Å². The van der Waals surface area contributed by atoms with Crippen LogP contribution in [0.15, 0.2) is 12.7 Å². The molecule has 2 rings (SSSR count). The van der Waals surface area contributed by atoms with E-state index < -0.39 is 7.60 Å². The molecule has 0 aliphatic carbocycles. The highest BCUT2D eigenvalue weighted by molar-refractivity contribution is 7.52. The van der Waals surface area contributed by atoms with Crippen LogP contribution >= 0.6 is 7.60 Å². The number of anilines is 1. The Hall–Kier alpha value is -1.54. The van der Waals surface area contributed by atoms with Crippen molar-refractivity contribution in [3.63, 3.8) is 0 Å². The Morgan fingerprint density at radius 3 is 2.95 bits per heavy atom. The van der Waals surface area contributed by atoms with Crippen LogP contribution in [0.5, 0.6) is 0 Å². The summed E-state index contributed by atoms with van der Waals surface area (Å²) in [5.41, 5.74) is 6.80. The van der Waals surface area contributed by atoms with Crippen molar-refractivity contribution in [1.29, 1.82) is 0 Å². The molecule has 20 heavy (non-hydrogen) atoms. The van der Waals surface area contributed by atoms with Gasteiger partial charge in [0.1, 0.15) is 18.2 Å². The van der Waals surface area contributed by atoms with Crippen molar-refractivity contribution >= 4 is 24.6 Å². The summed E-state index contributed by atoms with van der Waals surface area (Å²) < 4.78 is 22.8. The standard InChI is InChI=1S/C10H16N5O4P/c1-7(19-6-20(16,17)18-2)3-15-5-14-8-9(11)12-4-13-10(8)15/h4-5,7H,3,6H2,1-2H3,(H,16,17)(H2,11,12,13). The average Bonchev–Trinajstić information content (AvgIpc) is 2.82. The first kappa shape index (κ1) is 14.9. The van der Waals surface area contributed by atoms with Crippen LogP contribution in [0, 0.1) is 0 Å². The van der Waals surface area contributed by atoms with Gasteiger partial charge in [0.2, 0.25) is 0 Å². The lowest BCUT2D eigenvalue weighted by atomic mass is 10.4. The van der Waals surface area contributed by atoms with Crippen LogP contribution in [0.2, 0.25) is 0 Å². The van der Waals surface area contributed by atoms with Gasteiger partial charge in [0.25, 0.3) is 0 Å². The lowest BCUT2D eigenvalue weighted by Crippen LogP contribution is -2.17. The molecule has 2 aromatic rings. The second kappa shape index (κ2) is 5.84. The zero-order valence-corrected chi connectivity index (χ0v) is 12.0. The van der Waals surface area contributed by atoms with Crippen molar-refractivity contribution in [3.8, 4) is 0 Å². The summed E-state index contributed by atoms with van der Waals surface area (Å²) in [7, 11) is -2.50. The van der Waals surface area contributed by atoms with Crippen molar-refractivity contribution in [2.24, 2.45) is 0 Å². The molecule has 0 saturated carbocycles. The molecule has 0 radical (unpaired) electrons. The molecule has 0 bridgehead atoms. The highest BCUT2D eigenvalue weighted by Gasteiger charge is 2.19. The summed E-state index contributed by atoms with van der Waals surface area (Å²) in [6.07, 6.45) is 2.24. The number of nitrogens with two attached hydrogens (primary N) is 1. The third-order valence-corrected chi connectivity index (χ3v) is 3.74. The molecule has 2 atom stereocenters. The molecule has 2 aromatic heterocycles. The number of fused-ring (bicyclic) bond motifs is 1. The third kappa shape index (κ3) is 3.31. The average molecular weight is 301 g/mol. The van der Waals surface area contributed by atoms with E-state index in [0.717, 1.165) is 7.11 Å². The van der Waals surface area contributed by atoms with Gasteiger partial charge in [-0.25, -0.2) is 15.0 Å². The van der Waals surface area contributed by atoms with Crippen molar-refractivity contribution in [1.82, 2.24) is 19.5 Å². The lowest BCUT2D eigenvalue weighted by Gasteiger charge is -2.16. The normalized spacial score (nSPS) is 16.1. The van der Waals surface area contributed by atoms with E-state index >= 15 is 0 Å². The van der Waals surface area contributed by atoms with E-state index in [9.17, 15) is 9.46 Å². The van der Waals surface area contributed by atoms with Crippen molar-refractivity contribution in [3.05, 3.63) is 12.7 Å². The summed E-state index contributed by atoms with van der Waals surface area (Å²) in [5.74, 6) is 0.307. The molecule has 0 fully saturated rings. The minimum Gasteiger partial charge on any atom is -0.382 e. The van der Waals surface area contributed by atoms with E-state index in [2.05, 4.69) is 19.5 Å². The molecule has 0 spiro atoms. The predicted octanol–water partition coefficient (Wildman–Crippen LogP) is 0.603. The highest BCUT2D eigenvalue weighted by atomic mass is 31.2. The fourth-order valence-corrected chi connectivity index (χ4v) is 2.18. The summed E-state index contributed by atoms with van der Waals surface area (Å²) in [6.45, 7) is 2.18. The SMILES string of the molecule is COP(=O)(O)COC(C)Cn1cnc2c(N)ncnc21. The number of nitrogens with zero attached hydrogens (tertiary/aromatic N) is 4. The summed E-state index contributed by atoms with van der Waals surface area (Å²) in [6, 6.07) is 0. The number of hydrogen-bond acceptors (Lipinski definition) is 7. The highest BCUT2D eigenvalue weighted by Crippen LogP contribution is 2.40. The summed E-state index contributed by atoms with van der Waals surface area (Å²) >= 11 is 0.